The molecule has 0 saturated heterocycles. The fraction of sp³-hybridized carbons (Fsp3) is 0.0625. The number of ether oxygens (including phenoxy) is 1. The van der Waals surface area contributed by atoms with E-state index in [-0.39, 0.29) is 0 Å². The number of rotatable bonds is 4. The molecule has 0 spiro atoms. The number of benzene rings is 2. The first-order valence-electron chi connectivity index (χ1n) is 6.37. The van der Waals surface area contributed by atoms with Gasteiger partial charge in [0.15, 0.2) is 5.82 Å². The summed E-state index contributed by atoms with van der Waals surface area (Å²) in [6.45, 7) is 0. The van der Waals surface area contributed by atoms with Crippen molar-refractivity contribution in [3.8, 4) is 17.0 Å². The average molecular weight is 265 g/mol. The molecule has 4 nitrogen and oxygen atoms in total. The third-order valence-electron chi connectivity index (χ3n) is 3.03. The van der Waals surface area contributed by atoms with Gasteiger partial charge in [-0.2, -0.15) is 5.10 Å². The van der Waals surface area contributed by atoms with Crippen LogP contribution >= 0.6 is 0 Å². The molecule has 0 saturated carbocycles. The lowest BCUT2D eigenvalue weighted by Gasteiger charge is -2.03. The van der Waals surface area contributed by atoms with Crippen molar-refractivity contribution in [2.45, 2.75) is 0 Å². The van der Waals surface area contributed by atoms with Gasteiger partial charge in [0.05, 0.1) is 12.8 Å². The van der Waals surface area contributed by atoms with E-state index in [2.05, 4.69) is 15.5 Å². The number of nitrogens with zero attached hydrogens (tertiary/aromatic N) is 1. The third-order valence-corrected chi connectivity index (χ3v) is 3.03. The van der Waals surface area contributed by atoms with E-state index in [1.165, 1.54) is 0 Å². The molecule has 0 unspecified atom stereocenters. The summed E-state index contributed by atoms with van der Waals surface area (Å²) < 4.78 is 5.13. The number of hydrogen-bond donors (Lipinski definition) is 2. The van der Waals surface area contributed by atoms with Crippen LogP contribution in [0.2, 0.25) is 0 Å². The summed E-state index contributed by atoms with van der Waals surface area (Å²) >= 11 is 0. The standard InChI is InChI=1S/C16H15N3O/c1-20-14-9-7-13(8-10-14)17-16-11-15(18-19-16)12-5-3-2-4-6-12/h2-11H,1H3,(H2,17,18,19). The average Bonchev–Trinajstić information content (AvgIpc) is 2.97. The zero-order valence-corrected chi connectivity index (χ0v) is 11.1. The molecule has 0 amide bonds. The molecule has 3 rings (SSSR count). The molecule has 0 aliphatic heterocycles. The number of H-pyrrole nitrogens is 1. The summed E-state index contributed by atoms with van der Waals surface area (Å²) in [7, 11) is 1.66. The SMILES string of the molecule is COc1ccc(Nc2cc(-c3ccccc3)[nH]n2)cc1. The summed E-state index contributed by atoms with van der Waals surface area (Å²) in [5.41, 5.74) is 3.07. The Hall–Kier alpha value is -2.75. The smallest absolute Gasteiger partial charge is 0.152 e. The zero-order chi connectivity index (χ0) is 13.8. The maximum atomic E-state index is 5.13. The zero-order valence-electron chi connectivity index (χ0n) is 11.1. The van der Waals surface area contributed by atoms with Gasteiger partial charge in [-0.3, -0.25) is 5.10 Å². The second-order valence-electron chi connectivity index (χ2n) is 4.39. The molecule has 0 fully saturated rings. The van der Waals surface area contributed by atoms with Crippen molar-refractivity contribution in [2.24, 2.45) is 0 Å². The van der Waals surface area contributed by atoms with Crippen LogP contribution in [0.4, 0.5) is 11.5 Å². The van der Waals surface area contributed by atoms with Crippen molar-refractivity contribution < 1.29 is 4.74 Å². The van der Waals surface area contributed by atoms with Crippen LogP contribution in [0.3, 0.4) is 0 Å². The molecule has 2 aromatic carbocycles. The van der Waals surface area contributed by atoms with Crippen LogP contribution < -0.4 is 10.1 Å². The third kappa shape index (κ3) is 2.64. The van der Waals surface area contributed by atoms with Crippen LogP contribution in [-0.2, 0) is 0 Å². The Labute approximate surface area is 117 Å². The molecule has 4 heteroatoms. The molecule has 3 aromatic rings. The predicted octanol–water partition coefficient (Wildman–Crippen LogP) is 3.83. The first kappa shape index (κ1) is 12.3. The molecule has 100 valence electrons. The predicted molar refractivity (Wildman–Crippen MR) is 80.3 cm³/mol. The van der Waals surface area contributed by atoms with Gasteiger partial charge in [-0.05, 0) is 29.8 Å². The minimum Gasteiger partial charge on any atom is -0.497 e. The first-order valence-corrected chi connectivity index (χ1v) is 6.37. The number of hydrogen-bond acceptors (Lipinski definition) is 3. The Bertz CT molecular complexity index is 674. The van der Waals surface area contributed by atoms with Gasteiger partial charge in [0.25, 0.3) is 0 Å². The molecule has 0 aliphatic rings. The second kappa shape index (κ2) is 5.48. The van der Waals surface area contributed by atoms with Crippen molar-refractivity contribution in [3.63, 3.8) is 0 Å². The van der Waals surface area contributed by atoms with Gasteiger partial charge >= 0.3 is 0 Å². The van der Waals surface area contributed by atoms with Crippen LogP contribution in [-0.4, -0.2) is 17.3 Å². The molecule has 1 aromatic heterocycles. The van der Waals surface area contributed by atoms with Gasteiger partial charge in [0.2, 0.25) is 0 Å². The Balaban J connectivity index is 1.77. The highest BCUT2D eigenvalue weighted by Gasteiger charge is 2.03. The van der Waals surface area contributed by atoms with Gasteiger partial charge in [-0.1, -0.05) is 30.3 Å². The van der Waals surface area contributed by atoms with E-state index < -0.39 is 0 Å². The Morgan fingerprint density at radius 3 is 2.45 bits per heavy atom. The summed E-state index contributed by atoms with van der Waals surface area (Å²) in [5, 5.41) is 10.5. The molecule has 0 bridgehead atoms. The Morgan fingerprint density at radius 2 is 1.75 bits per heavy atom. The number of aromatic nitrogens is 2. The van der Waals surface area contributed by atoms with E-state index in [0.29, 0.717) is 0 Å². The Morgan fingerprint density at radius 1 is 1.00 bits per heavy atom. The second-order valence-corrected chi connectivity index (χ2v) is 4.39. The quantitative estimate of drug-likeness (QED) is 0.753. The lowest BCUT2D eigenvalue weighted by atomic mass is 10.1. The van der Waals surface area contributed by atoms with E-state index in [9.17, 15) is 0 Å². The molecule has 0 aliphatic carbocycles. The highest BCUT2D eigenvalue weighted by molar-refractivity contribution is 5.66. The van der Waals surface area contributed by atoms with Gasteiger partial charge < -0.3 is 10.1 Å². The van der Waals surface area contributed by atoms with Crippen LogP contribution in [0.1, 0.15) is 0 Å². The first-order chi connectivity index (χ1) is 9.85. The van der Waals surface area contributed by atoms with Crippen molar-refractivity contribution >= 4 is 11.5 Å². The maximum absolute atomic E-state index is 5.13. The number of anilines is 2. The lowest BCUT2D eigenvalue weighted by molar-refractivity contribution is 0.415. The van der Waals surface area contributed by atoms with Crippen LogP contribution in [0.5, 0.6) is 5.75 Å². The molecule has 0 radical (unpaired) electrons. The van der Waals surface area contributed by atoms with Gasteiger partial charge in [-0.25, -0.2) is 0 Å². The highest BCUT2D eigenvalue weighted by Crippen LogP contribution is 2.22. The number of methoxy groups -OCH3 is 1. The van der Waals surface area contributed by atoms with Crippen LogP contribution in [0.25, 0.3) is 11.3 Å². The lowest BCUT2D eigenvalue weighted by Crippen LogP contribution is -1.90. The van der Waals surface area contributed by atoms with E-state index >= 15 is 0 Å². The van der Waals surface area contributed by atoms with Gasteiger partial charge in [0.1, 0.15) is 5.75 Å². The number of aromatic amines is 1. The van der Waals surface area contributed by atoms with Gasteiger partial charge in [-0.15, -0.1) is 0 Å². The monoisotopic (exact) mass is 265 g/mol. The largest absolute Gasteiger partial charge is 0.497 e. The molecule has 2 N–H and O–H groups in total. The van der Waals surface area contributed by atoms with Crippen LogP contribution in [0.15, 0.2) is 60.7 Å². The minimum atomic E-state index is 0.786. The molecular formula is C16H15N3O. The fourth-order valence-electron chi connectivity index (χ4n) is 1.97. The Kier molecular flexibility index (Phi) is 3.37. The van der Waals surface area contributed by atoms with Crippen LogP contribution in [0, 0.1) is 0 Å². The van der Waals surface area contributed by atoms with Crippen molar-refractivity contribution in [2.75, 3.05) is 12.4 Å². The summed E-state index contributed by atoms with van der Waals surface area (Å²) in [6.07, 6.45) is 0. The fourth-order valence-corrected chi connectivity index (χ4v) is 1.97. The van der Waals surface area contributed by atoms with Gasteiger partial charge in [0, 0.05) is 11.8 Å². The van der Waals surface area contributed by atoms with E-state index in [0.717, 1.165) is 28.5 Å². The molecule has 20 heavy (non-hydrogen) atoms. The van der Waals surface area contributed by atoms with E-state index in [1.54, 1.807) is 7.11 Å². The topological polar surface area (TPSA) is 49.9 Å². The highest BCUT2D eigenvalue weighted by atomic mass is 16.5. The van der Waals surface area contributed by atoms with E-state index in [4.69, 9.17) is 4.74 Å². The molecular weight excluding hydrogens is 250 g/mol. The van der Waals surface area contributed by atoms with E-state index in [1.807, 2.05) is 60.7 Å². The maximum Gasteiger partial charge on any atom is 0.152 e. The van der Waals surface area contributed by atoms with Crippen molar-refractivity contribution in [1.29, 1.82) is 0 Å². The summed E-state index contributed by atoms with van der Waals surface area (Å²) in [5.74, 6) is 1.62. The van der Waals surface area contributed by atoms with Crippen molar-refractivity contribution in [1.82, 2.24) is 10.2 Å². The number of nitrogens with one attached hydrogen (secondary N) is 2. The normalized spacial score (nSPS) is 10.2. The summed E-state index contributed by atoms with van der Waals surface area (Å²) in [4.78, 5) is 0. The van der Waals surface area contributed by atoms with Crippen molar-refractivity contribution in [3.05, 3.63) is 60.7 Å². The molecule has 0 atom stereocenters. The minimum absolute atomic E-state index is 0.786. The molecule has 1 heterocycles. The summed E-state index contributed by atoms with van der Waals surface area (Å²) in [6, 6.07) is 19.8.